The Hall–Kier alpha value is -6.06. The predicted molar refractivity (Wildman–Crippen MR) is 195 cm³/mol. The van der Waals surface area contributed by atoms with Crippen molar-refractivity contribution in [2.24, 2.45) is 7.05 Å². The Kier molecular flexibility index (Phi) is 5.20. The minimum atomic E-state index is 1.17. The van der Waals surface area contributed by atoms with Crippen molar-refractivity contribution in [2.75, 3.05) is 0 Å². The number of hydrogen-bond donors (Lipinski definition) is 0. The summed E-state index contributed by atoms with van der Waals surface area (Å²) in [5.74, 6) is 0. The lowest BCUT2D eigenvalue weighted by Crippen LogP contribution is -1.96. The Morgan fingerprint density at radius 2 is 0.717 bits per heavy atom. The van der Waals surface area contributed by atoms with Crippen LogP contribution in [-0.4, -0.2) is 13.7 Å². The second kappa shape index (κ2) is 9.47. The largest absolute Gasteiger partial charge is 0.344 e. The molecule has 3 aromatic heterocycles. The number of para-hydroxylation sites is 3. The van der Waals surface area contributed by atoms with Gasteiger partial charge in [0.05, 0.1) is 22.1 Å². The Balaban J connectivity index is 1.29. The lowest BCUT2D eigenvalue weighted by Gasteiger charge is -2.11. The summed E-state index contributed by atoms with van der Waals surface area (Å²) < 4.78 is 7.15. The van der Waals surface area contributed by atoms with E-state index in [0.717, 1.165) is 0 Å². The molecule has 3 nitrogen and oxygen atoms in total. The van der Waals surface area contributed by atoms with Gasteiger partial charge in [0, 0.05) is 61.8 Å². The van der Waals surface area contributed by atoms with Crippen LogP contribution in [0, 0.1) is 0 Å². The van der Waals surface area contributed by atoms with Crippen LogP contribution in [0.1, 0.15) is 0 Å². The van der Waals surface area contributed by atoms with Crippen LogP contribution >= 0.6 is 0 Å². The molecule has 0 saturated heterocycles. The quantitative estimate of drug-likeness (QED) is 0.195. The molecule has 46 heavy (non-hydrogen) atoms. The Morgan fingerprint density at radius 3 is 1.35 bits per heavy atom. The summed E-state index contributed by atoms with van der Waals surface area (Å²) in [6.45, 7) is 0. The predicted octanol–water partition coefficient (Wildman–Crippen LogP) is 11.2. The highest BCUT2D eigenvalue weighted by molar-refractivity contribution is 6.14. The minimum Gasteiger partial charge on any atom is -0.344 e. The molecule has 0 unspecified atom stereocenters. The summed E-state index contributed by atoms with van der Waals surface area (Å²) in [5, 5.41) is 7.59. The molecule has 216 valence electrons. The third-order valence-corrected chi connectivity index (χ3v) is 9.85. The maximum atomic E-state index is 2.44. The van der Waals surface area contributed by atoms with E-state index in [9.17, 15) is 0 Å². The number of fused-ring (bicyclic) bond motifs is 9. The summed E-state index contributed by atoms with van der Waals surface area (Å²) in [7, 11) is 2.16. The van der Waals surface area contributed by atoms with Gasteiger partial charge in [-0.1, -0.05) is 91.0 Å². The van der Waals surface area contributed by atoms with Gasteiger partial charge in [-0.25, -0.2) is 0 Å². The van der Waals surface area contributed by atoms with Gasteiger partial charge in [0.1, 0.15) is 0 Å². The summed E-state index contributed by atoms with van der Waals surface area (Å²) >= 11 is 0. The Labute approximate surface area is 265 Å². The van der Waals surface area contributed by atoms with Crippen LogP contribution in [0.5, 0.6) is 0 Å². The van der Waals surface area contributed by atoms with E-state index in [1.807, 2.05) is 0 Å². The van der Waals surface area contributed by atoms with Gasteiger partial charge >= 0.3 is 0 Å². The van der Waals surface area contributed by atoms with Crippen LogP contribution in [0.3, 0.4) is 0 Å². The number of aromatic nitrogens is 3. The number of rotatable bonds is 3. The van der Waals surface area contributed by atoms with Gasteiger partial charge in [-0.3, -0.25) is 0 Å². The van der Waals surface area contributed by atoms with E-state index >= 15 is 0 Å². The fourth-order valence-corrected chi connectivity index (χ4v) is 7.73. The van der Waals surface area contributed by atoms with E-state index in [-0.39, 0.29) is 0 Å². The number of nitrogens with zero attached hydrogens (tertiary/aromatic N) is 3. The molecule has 0 N–H and O–H groups in total. The molecule has 0 bridgehead atoms. The maximum absolute atomic E-state index is 2.44. The molecule has 0 radical (unpaired) electrons. The van der Waals surface area contributed by atoms with E-state index < -0.39 is 0 Å². The molecular formula is C43H29N3. The molecule has 0 fully saturated rings. The molecule has 10 rings (SSSR count). The average molecular weight is 588 g/mol. The molecule has 0 amide bonds. The van der Waals surface area contributed by atoms with Crippen LogP contribution in [0.2, 0.25) is 0 Å². The van der Waals surface area contributed by atoms with Gasteiger partial charge in [-0.05, 0) is 77.9 Å². The highest BCUT2D eigenvalue weighted by atomic mass is 15.0. The molecule has 0 spiro atoms. The zero-order valence-electron chi connectivity index (χ0n) is 25.4. The zero-order valence-corrected chi connectivity index (χ0v) is 25.4. The molecule has 0 aliphatic rings. The monoisotopic (exact) mass is 587 g/mol. The van der Waals surface area contributed by atoms with E-state index in [1.54, 1.807) is 0 Å². The fourth-order valence-electron chi connectivity index (χ4n) is 7.73. The van der Waals surface area contributed by atoms with Crippen LogP contribution in [0.15, 0.2) is 158 Å². The Bertz CT molecular complexity index is 2760. The molecule has 0 saturated carbocycles. The van der Waals surface area contributed by atoms with E-state index in [2.05, 4.69) is 178 Å². The number of aryl methyl sites for hydroxylation is 1. The van der Waals surface area contributed by atoms with Crippen LogP contribution in [0.4, 0.5) is 0 Å². The maximum Gasteiger partial charge on any atom is 0.0542 e. The van der Waals surface area contributed by atoms with Crippen molar-refractivity contribution >= 4 is 65.4 Å². The van der Waals surface area contributed by atoms with Crippen molar-refractivity contribution in [3.05, 3.63) is 158 Å². The van der Waals surface area contributed by atoms with Crippen molar-refractivity contribution in [3.8, 4) is 22.5 Å². The first-order valence-corrected chi connectivity index (χ1v) is 15.8. The highest BCUT2D eigenvalue weighted by Crippen LogP contribution is 2.39. The SMILES string of the molecule is Cn1c2ccccc2c2cc(-n3c4ccc(-c5ccccc5)cc4c4cc(-n5c6ccccc6c6ccccc65)ccc43)ccc21. The molecule has 0 atom stereocenters. The van der Waals surface area contributed by atoms with Gasteiger partial charge in [0.2, 0.25) is 0 Å². The molecule has 3 heterocycles. The normalized spacial score (nSPS) is 12.0. The van der Waals surface area contributed by atoms with Crippen LogP contribution in [0.25, 0.3) is 87.9 Å². The summed E-state index contributed by atoms with van der Waals surface area (Å²) in [6, 6.07) is 57.7. The van der Waals surface area contributed by atoms with Crippen LogP contribution in [-0.2, 0) is 7.05 Å². The van der Waals surface area contributed by atoms with Crippen molar-refractivity contribution < 1.29 is 0 Å². The van der Waals surface area contributed by atoms with E-state index in [4.69, 9.17) is 0 Å². The summed E-state index contributed by atoms with van der Waals surface area (Å²) in [5.41, 5.74) is 12.1. The standard InChI is InChI=1S/C43H29N3/c1-44-38-16-8-5-15-34(38)36-26-30(20-23-39(36)44)46-42-22-19-29(28-11-3-2-4-12-28)25-35(42)37-27-31(21-24-43(37)46)45-40-17-9-6-13-32(40)33-14-7-10-18-41(33)45/h2-27H,1H3. The number of benzene rings is 7. The summed E-state index contributed by atoms with van der Waals surface area (Å²) in [4.78, 5) is 0. The van der Waals surface area contributed by atoms with Crippen molar-refractivity contribution in [1.29, 1.82) is 0 Å². The first kappa shape index (κ1) is 25.3. The second-order valence-electron chi connectivity index (χ2n) is 12.3. The van der Waals surface area contributed by atoms with Gasteiger partial charge in [-0.2, -0.15) is 0 Å². The molecule has 3 heteroatoms. The third kappa shape index (κ3) is 3.48. The topological polar surface area (TPSA) is 14.8 Å². The van der Waals surface area contributed by atoms with Gasteiger partial charge < -0.3 is 13.7 Å². The lowest BCUT2D eigenvalue weighted by molar-refractivity contribution is 1.01. The molecule has 7 aromatic carbocycles. The number of hydrogen-bond acceptors (Lipinski definition) is 0. The Morgan fingerprint density at radius 1 is 0.304 bits per heavy atom. The lowest BCUT2D eigenvalue weighted by atomic mass is 10.0. The van der Waals surface area contributed by atoms with Crippen molar-refractivity contribution in [2.45, 2.75) is 0 Å². The fraction of sp³-hybridized carbons (Fsp3) is 0.0233. The van der Waals surface area contributed by atoms with E-state index in [0.29, 0.717) is 0 Å². The second-order valence-corrected chi connectivity index (χ2v) is 12.3. The van der Waals surface area contributed by atoms with Gasteiger partial charge in [0.25, 0.3) is 0 Å². The summed E-state index contributed by atoms with van der Waals surface area (Å²) in [6.07, 6.45) is 0. The highest BCUT2D eigenvalue weighted by Gasteiger charge is 2.18. The van der Waals surface area contributed by atoms with Gasteiger partial charge in [0.15, 0.2) is 0 Å². The van der Waals surface area contributed by atoms with Gasteiger partial charge in [-0.15, -0.1) is 0 Å². The zero-order chi connectivity index (χ0) is 30.4. The first-order valence-electron chi connectivity index (χ1n) is 15.8. The van der Waals surface area contributed by atoms with Crippen molar-refractivity contribution in [1.82, 2.24) is 13.7 Å². The smallest absolute Gasteiger partial charge is 0.0542 e. The third-order valence-electron chi connectivity index (χ3n) is 9.85. The van der Waals surface area contributed by atoms with E-state index in [1.165, 1.54) is 87.9 Å². The first-order chi connectivity index (χ1) is 22.7. The van der Waals surface area contributed by atoms with Crippen molar-refractivity contribution in [3.63, 3.8) is 0 Å². The minimum absolute atomic E-state index is 1.17. The molecular weight excluding hydrogens is 558 g/mol. The molecule has 0 aliphatic heterocycles. The molecule has 0 aliphatic carbocycles. The average Bonchev–Trinajstić information content (AvgIpc) is 3.73. The molecule has 10 aromatic rings. The van der Waals surface area contributed by atoms with Crippen LogP contribution < -0.4 is 0 Å².